The number of aromatic nitrogens is 1. The second-order valence-corrected chi connectivity index (χ2v) is 3.99. The summed E-state index contributed by atoms with van der Waals surface area (Å²) >= 11 is 5.87. The third kappa shape index (κ3) is 3.07. The number of nitrogens with zero attached hydrogens (tertiary/aromatic N) is 1. The number of hydrogen-bond donors (Lipinski definition) is 2. The smallest absolute Gasteiger partial charge is 0.128 e. The molecule has 0 spiro atoms. The van der Waals surface area contributed by atoms with E-state index >= 15 is 0 Å². The number of nitrogen functional groups attached to an aromatic ring is 1. The molecule has 2 unspecified atom stereocenters. The second-order valence-electron chi connectivity index (χ2n) is 3.56. The lowest BCUT2D eigenvalue weighted by Crippen LogP contribution is -2.29. The van der Waals surface area contributed by atoms with Crippen molar-refractivity contribution >= 4 is 17.4 Å². The van der Waals surface area contributed by atoms with E-state index in [1.165, 1.54) is 6.20 Å². The van der Waals surface area contributed by atoms with Gasteiger partial charge in [-0.1, -0.05) is 18.5 Å². The lowest BCUT2D eigenvalue weighted by molar-refractivity contribution is 0.0414. The van der Waals surface area contributed by atoms with Crippen molar-refractivity contribution in [2.24, 2.45) is 5.73 Å². The predicted molar refractivity (Wildman–Crippen MR) is 66.3 cm³/mol. The Kier molecular flexibility index (Phi) is 4.99. The van der Waals surface area contributed by atoms with E-state index in [-0.39, 0.29) is 12.1 Å². The van der Waals surface area contributed by atoms with Crippen molar-refractivity contribution in [3.05, 3.63) is 22.8 Å². The van der Waals surface area contributed by atoms with Crippen LogP contribution in [0.1, 0.15) is 31.9 Å². The Labute approximate surface area is 101 Å². The third-order valence-corrected chi connectivity index (χ3v) is 2.67. The van der Waals surface area contributed by atoms with E-state index in [0.717, 1.165) is 12.0 Å². The summed E-state index contributed by atoms with van der Waals surface area (Å²) in [5, 5.41) is 0.533. The fourth-order valence-corrected chi connectivity index (χ4v) is 1.79. The van der Waals surface area contributed by atoms with Crippen molar-refractivity contribution in [1.82, 2.24) is 4.98 Å². The number of rotatable bonds is 5. The van der Waals surface area contributed by atoms with Crippen molar-refractivity contribution in [2.75, 3.05) is 12.3 Å². The molecule has 1 aromatic heterocycles. The first-order valence-corrected chi connectivity index (χ1v) is 5.76. The Balaban J connectivity index is 2.93. The highest BCUT2D eigenvalue weighted by Gasteiger charge is 2.20. The zero-order valence-corrected chi connectivity index (χ0v) is 10.4. The number of anilines is 1. The van der Waals surface area contributed by atoms with Gasteiger partial charge in [-0.3, -0.25) is 0 Å². The molecule has 0 saturated carbocycles. The summed E-state index contributed by atoms with van der Waals surface area (Å²) in [6, 6.07) is 1.45. The average Bonchev–Trinajstić information content (AvgIpc) is 2.28. The lowest BCUT2D eigenvalue weighted by atomic mass is 10.0. The van der Waals surface area contributed by atoms with Crippen molar-refractivity contribution < 1.29 is 4.74 Å². The van der Waals surface area contributed by atoms with Crippen LogP contribution in [0.3, 0.4) is 0 Å². The molecular formula is C11H18ClN3O. The molecule has 0 aliphatic rings. The fourth-order valence-electron chi connectivity index (χ4n) is 1.62. The van der Waals surface area contributed by atoms with Gasteiger partial charge in [0, 0.05) is 18.4 Å². The topological polar surface area (TPSA) is 74.2 Å². The molecule has 16 heavy (non-hydrogen) atoms. The maximum absolute atomic E-state index is 6.10. The van der Waals surface area contributed by atoms with Crippen molar-refractivity contribution in [3.63, 3.8) is 0 Å². The quantitative estimate of drug-likeness (QED) is 0.831. The summed E-state index contributed by atoms with van der Waals surface area (Å²) in [6.07, 6.45) is 2.27. The van der Waals surface area contributed by atoms with Crippen LogP contribution in [0.4, 0.5) is 5.82 Å². The summed E-state index contributed by atoms with van der Waals surface area (Å²) in [5.41, 5.74) is 12.6. The van der Waals surface area contributed by atoms with Gasteiger partial charge in [-0.15, -0.1) is 0 Å². The molecular weight excluding hydrogens is 226 g/mol. The average molecular weight is 244 g/mol. The van der Waals surface area contributed by atoms with Gasteiger partial charge in [0.05, 0.1) is 17.2 Å². The second kappa shape index (κ2) is 6.03. The third-order valence-electron chi connectivity index (χ3n) is 2.46. The van der Waals surface area contributed by atoms with E-state index in [1.54, 1.807) is 6.07 Å². The van der Waals surface area contributed by atoms with E-state index in [9.17, 15) is 0 Å². The first-order chi connectivity index (χ1) is 7.60. The monoisotopic (exact) mass is 243 g/mol. The zero-order chi connectivity index (χ0) is 12.1. The minimum atomic E-state index is -0.295. The fraction of sp³-hybridized carbons (Fsp3) is 0.545. The first kappa shape index (κ1) is 13.2. The van der Waals surface area contributed by atoms with Gasteiger partial charge in [0.25, 0.3) is 0 Å². The van der Waals surface area contributed by atoms with Gasteiger partial charge < -0.3 is 16.2 Å². The summed E-state index contributed by atoms with van der Waals surface area (Å²) in [4.78, 5) is 3.99. The molecule has 0 saturated heterocycles. The van der Waals surface area contributed by atoms with Crippen LogP contribution in [0.25, 0.3) is 0 Å². The molecule has 4 nitrogen and oxygen atoms in total. The Hall–Kier alpha value is -0.840. The molecule has 5 heteroatoms. The van der Waals surface area contributed by atoms with E-state index in [1.807, 2.05) is 13.8 Å². The number of halogens is 1. The Bertz CT molecular complexity index is 346. The molecule has 0 amide bonds. The van der Waals surface area contributed by atoms with Crippen molar-refractivity contribution in [3.8, 4) is 0 Å². The summed E-state index contributed by atoms with van der Waals surface area (Å²) in [6.45, 7) is 4.59. The van der Waals surface area contributed by atoms with Gasteiger partial charge in [-0.2, -0.15) is 0 Å². The normalized spacial score (nSPS) is 14.8. The number of nitrogens with two attached hydrogens (primary N) is 2. The molecule has 1 aromatic rings. The van der Waals surface area contributed by atoms with Gasteiger partial charge >= 0.3 is 0 Å². The largest absolute Gasteiger partial charge is 0.383 e. The standard InChI is InChI=1S/C11H18ClN3O/c1-3-9(16-4-2)10(13)8-5-7(12)6-15-11(8)14/h5-6,9-10H,3-4,13H2,1-2H3,(H2,14,15). The lowest BCUT2D eigenvalue weighted by Gasteiger charge is -2.23. The molecule has 0 aliphatic heterocycles. The maximum atomic E-state index is 6.10. The van der Waals surface area contributed by atoms with Crippen LogP contribution < -0.4 is 11.5 Å². The van der Waals surface area contributed by atoms with Gasteiger partial charge in [0.2, 0.25) is 0 Å². The molecule has 0 radical (unpaired) electrons. The number of ether oxygens (including phenoxy) is 1. The molecule has 1 rings (SSSR count). The molecule has 0 aliphatic carbocycles. The van der Waals surface area contributed by atoms with Gasteiger partial charge in [0.1, 0.15) is 5.82 Å². The van der Waals surface area contributed by atoms with Gasteiger partial charge in [0.15, 0.2) is 0 Å². The molecule has 90 valence electrons. The highest BCUT2D eigenvalue weighted by atomic mass is 35.5. The SMILES string of the molecule is CCOC(CC)C(N)c1cc(Cl)cnc1N. The molecule has 0 fully saturated rings. The summed E-state index contributed by atoms with van der Waals surface area (Å²) in [5.74, 6) is 0.412. The van der Waals surface area contributed by atoms with Crippen LogP contribution in [-0.4, -0.2) is 17.7 Å². The van der Waals surface area contributed by atoms with Crippen LogP contribution in [-0.2, 0) is 4.74 Å². The Morgan fingerprint density at radius 3 is 2.75 bits per heavy atom. The van der Waals surface area contributed by atoms with Crippen LogP contribution in [0.5, 0.6) is 0 Å². The van der Waals surface area contributed by atoms with E-state index in [2.05, 4.69) is 4.98 Å². The minimum absolute atomic E-state index is 0.0624. The predicted octanol–water partition coefficient (Wildman–Crippen LogP) is 2.13. The number of hydrogen-bond acceptors (Lipinski definition) is 4. The molecule has 4 N–H and O–H groups in total. The Morgan fingerprint density at radius 1 is 1.50 bits per heavy atom. The van der Waals surface area contributed by atoms with Crippen molar-refractivity contribution in [1.29, 1.82) is 0 Å². The van der Waals surface area contributed by atoms with Crippen LogP contribution >= 0.6 is 11.6 Å². The van der Waals surface area contributed by atoms with Crippen LogP contribution in [0.2, 0.25) is 5.02 Å². The number of pyridine rings is 1. The van der Waals surface area contributed by atoms with E-state index in [4.69, 9.17) is 27.8 Å². The molecule has 0 bridgehead atoms. The van der Waals surface area contributed by atoms with Crippen LogP contribution in [0, 0.1) is 0 Å². The highest BCUT2D eigenvalue weighted by Crippen LogP contribution is 2.25. The van der Waals surface area contributed by atoms with Gasteiger partial charge in [-0.05, 0) is 19.4 Å². The first-order valence-electron chi connectivity index (χ1n) is 5.38. The van der Waals surface area contributed by atoms with Crippen molar-refractivity contribution in [2.45, 2.75) is 32.4 Å². The maximum Gasteiger partial charge on any atom is 0.128 e. The van der Waals surface area contributed by atoms with E-state index in [0.29, 0.717) is 17.4 Å². The zero-order valence-electron chi connectivity index (χ0n) is 9.61. The van der Waals surface area contributed by atoms with Gasteiger partial charge in [-0.25, -0.2) is 4.98 Å². The molecule has 0 aromatic carbocycles. The molecule has 2 atom stereocenters. The summed E-state index contributed by atoms with van der Waals surface area (Å²) in [7, 11) is 0. The highest BCUT2D eigenvalue weighted by molar-refractivity contribution is 6.30. The Morgan fingerprint density at radius 2 is 2.19 bits per heavy atom. The summed E-state index contributed by atoms with van der Waals surface area (Å²) < 4.78 is 5.55. The minimum Gasteiger partial charge on any atom is -0.383 e. The van der Waals surface area contributed by atoms with E-state index < -0.39 is 0 Å². The molecule has 1 heterocycles. The van der Waals surface area contributed by atoms with Crippen LogP contribution in [0.15, 0.2) is 12.3 Å².